The van der Waals surface area contributed by atoms with Crippen LogP contribution in [0.3, 0.4) is 0 Å². The van der Waals surface area contributed by atoms with Crippen molar-refractivity contribution >= 4 is 27.7 Å². The number of ether oxygens (including phenoxy) is 1. The van der Waals surface area contributed by atoms with E-state index in [1.54, 1.807) is 11.8 Å². The van der Waals surface area contributed by atoms with Crippen molar-refractivity contribution in [3.05, 3.63) is 28.2 Å². The molecule has 4 heteroatoms. The largest absolute Gasteiger partial charge is 0.491 e. The highest BCUT2D eigenvalue weighted by atomic mass is 79.9. The molecular weight excluding hydrogens is 274 g/mol. The van der Waals surface area contributed by atoms with E-state index in [1.165, 1.54) is 5.56 Å². The summed E-state index contributed by atoms with van der Waals surface area (Å²) in [4.78, 5) is 0. The quantitative estimate of drug-likeness (QED) is 0.814. The van der Waals surface area contributed by atoms with E-state index < -0.39 is 0 Å². The molecule has 1 aromatic rings. The maximum absolute atomic E-state index is 5.75. The fourth-order valence-electron chi connectivity index (χ4n) is 1.27. The topological polar surface area (TPSA) is 21.3 Å². The standard InChI is InChI=1S/C11H16BrNOS/c1-13-8-9-4-3-5-10(12)11(9)14-6-7-15-2/h3-5,13H,6-8H2,1-2H3. The lowest BCUT2D eigenvalue weighted by atomic mass is 10.2. The Bertz CT molecular complexity index is 307. The Morgan fingerprint density at radius 3 is 2.93 bits per heavy atom. The van der Waals surface area contributed by atoms with E-state index >= 15 is 0 Å². The maximum Gasteiger partial charge on any atom is 0.137 e. The first-order valence-electron chi connectivity index (χ1n) is 4.83. The number of nitrogens with one attached hydrogen (secondary N) is 1. The first-order chi connectivity index (χ1) is 7.29. The van der Waals surface area contributed by atoms with Crippen LogP contribution >= 0.6 is 27.7 Å². The van der Waals surface area contributed by atoms with Crippen LogP contribution in [0.4, 0.5) is 0 Å². The molecule has 0 aliphatic heterocycles. The van der Waals surface area contributed by atoms with Gasteiger partial charge in [0, 0.05) is 17.9 Å². The Hall–Kier alpha value is -0.190. The van der Waals surface area contributed by atoms with Crippen LogP contribution in [0.15, 0.2) is 22.7 Å². The molecule has 0 fully saturated rings. The monoisotopic (exact) mass is 289 g/mol. The van der Waals surface area contributed by atoms with E-state index in [9.17, 15) is 0 Å². The number of rotatable bonds is 6. The molecule has 1 aromatic carbocycles. The predicted octanol–water partition coefficient (Wildman–Crippen LogP) is 2.91. The van der Waals surface area contributed by atoms with E-state index in [2.05, 4.69) is 33.6 Å². The van der Waals surface area contributed by atoms with Gasteiger partial charge in [0.25, 0.3) is 0 Å². The van der Waals surface area contributed by atoms with Crippen molar-refractivity contribution in [1.82, 2.24) is 5.32 Å². The molecule has 84 valence electrons. The summed E-state index contributed by atoms with van der Waals surface area (Å²) in [5.74, 6) is 1.97. The normalized spacial score (nSPS) is 10.3. The lowest BCUT2D eigenvalue weighted by Gasteiger charge is -2.12. The van der Waals surface area contributed by atoms with Crippen LogP contribution in [0.25, 0.3) is 0 Å². The van der Waals surface area contributed by atoms with Gasteiger partial charge in [-0.05, 0) is 35.3 Å². The second-order valence-electron chi connectivity index (χ2n) is 3.10. The predicted molar refractivity (Wildman–Crippen MR) is 70.8 cm³/mol. The van der Waals surface area contributed by atoms with Gasteiger partial charge in [0.15, 0.2) is 0 Å². The summed E-state index contributed by atoms with van der Waals surface area (Å²) < 4.78 is 6.78. The van der Waals surface area contributed by atoms with Crippen LogP contribution in [0, 0.1) is 0 Å². The highest BCUT2D eigenvalue weighted by Gasteiger charge is 2.06. The average molecular weight is 290 g/mol. The average Bonchev–Trinajstić information content (AvgIpc) is 2.23. The smallest absolute Gasteiger partial charge is 0.137 e. The molecule has 2 nitrogen and oxygen atoms in total. The molecule has 0 saturated heterocycles. The molecule has 0 heterocycles. The number of benzene rings is 1. The Balaban J connectivity index is 2.72. The Morgan fingerprint density at radius 1 is 1.47 bits per heavy atom. The zero-order chi connectivity index (χ0) is 11.1. The molecule has 0 bridgehead atoms. The fraction of sp³-hybridized carbons (Fsp3) is 0.455. The Kier molecular flexibility index (Phi) is 6.13. The van der Waals surface area contributed by atoms with Gasteiger partial charge in [0.1, 0.15) is 5.75 Å². The highest BCUT2D eigenvalue weighted by molar-refractivity contribution is 9.10. The zero-order valence-electron chi connectivity index (χ0n) is 9.05. The molecule has 0 atom stereocenters. The van der Waals surface area contributed by atoms with Gasteiger partial charge in [-0.25, -0.2) is 0 Å². The molecule has 0 aromatic heterocycles. The summed E-state index contributed by atoms with van der Waals surface area (Å²) >= 11 is 5.30. The minimum absolute atomic E-state index is 0.750. The highest BCUT2D eigenvalue weighted by Crippen LogP contribution is 2.29. The molecule has 0 saturated carbocycles. The van der Waals surface area contributed by atoms with E-state index in [0.717, 1.165) is 29.1 Å². The van der Waals surface area contributed by atoms with Crippen molar-refractivity contribution in [3.8, 4) is 5.75 Å². The summed E-state index contributed by atoms with van der Waals surface area (Å²) in [7, 11) is 1.94. The molecular formula is C11H16BrNOS. The van der Waals surface area contributed by atoms with Crippen molar-refractivity contribution in [2.45, 2.75) is 6.54 Å². The Labute approximate surface area is 104 Å². The molecule has 0 aliphatic rings. The van der Waals surface area contributed by atoms with E-state index in [1.807, 2.05) is 19.2 Å². The van der Waals surface area contributed by atoms with Crippen molar-refractivity contribution in [2.75, 3.05) is 25.7 Å². The van der Waals surface area contributed by atoms with Crippen LogP contribution in [0.5, 0.6) is 5.75 Å². The van der Waals surface area contributed by atoms with Crippen LogP contribution in [-0.2, 0) is 6.54 Å². The molecule has 0 amide bonds. The zero-order valence-corrected chi connectivity index (χ0v) is 11.5. The van der Waals surface area contributed by atoms with Crippen LogP contribution in [0.2, 0.25) is 0 Å². The molecule has 0 unspecified atom stereocenters. The first-order valence-corrected chi connectivity index (χ1v) is 7.02. The second-order valence-corrected chi connectivity index (χ2v) is 4.94. The Morgan fingerprint density at radius 2 is 2.27 bits per heavy atom. The molecule has 0 spiro atoms. The van der Waals surface area contributed by atoms with Gasteiger partial charge < -0.3 is 10.1 Å². The fourth-order valence-corrected chi connectivity index (χ4v) is 2.04. The molecule has 1 N–H and O–H groups in total. The summed E-state index contributed by atoms with van der Waals surface area (Å²) in [6.07, 6.45) is 2.08. The van der Waals surface area contributed by atoms with Gasteiger partial charge >= 0.3 is 0 Å². The minimum atomic E-state index is 0.750. The van der Waals surface area contributed by atoms with Crippen LogP contribution in [-0.4, -0.2) is 25.7 Å². The van der Waals surface area contributed by atoms with Crippen molar-refractivity contribution in [1.29, 1.82) is 0 Å². The third-order valence-corrected chi connectivity index (χ3v) is 3.15. The maximum atomic E-state index is 5.75. The number of hydrogen-bond donors (Lipinski definition) is 1. The third-order valence-electron chi connectivity index (χ3n) is 1.95. The van der Waals surface area contributed by atoms with E-state index in [4.69, 9.17) is 4.74 Å². The van der Waals surface area contributed by atoms with Crippen LogP contribution in [0.1, 0.15) is 5.56 Å². The second kappa shape index (κ2) is 7.14. The lowest BCUT2D eigenvalue weighted by Crippen LogP contribution is -2.09. The summed E-state index contributed by atoms with van der Waals surface area (Å²) in [5, 5.41) is 3.14. The molecule has 15 heavy (non-hydrogen) atoms. The molecule has 0 aliphatic carbocycles. The summed E-state index contributed by atoms with van der Waals surface area (Å²) in [5.41, 5.74) is 1.19. The SMILES string of the molecule is CNCc1cccc(Br)c1OCCSC. The summed E-state index contributed by atoms with van der Waals surface area (Å²) in [6, 6.07) is 6.11. The number of hydrogen-bond acceptors (Lipinski definition) is 3. The van der Waals surface area contributed by atoms with Crippen molar-refractivity contribution in [3.63, 3.8) is 0 Å². The number of halogens is 1. The van der Waals surface area contributed by atoms with Gasteiger partial charge in [-0.15, -0.1) is 0 Å². The third kappa shape index (κ3) is 4.05. The number of para-hydroxylation sites is 1. The first kappa shape index (κ1) is 12.9. The van der Waals surface area contributed by atoms with E-state index in [0.29, 0.717) is 0 Å². The van der Waals surface area contributed by atoms with Crippen molar-refractivity contribution < 1.29 is 4.74 Å². The van der Waals surface area contributed by atoms with Gasteiger partial charge in [0.2, 0.25) is 0 Å². The van der Waals surface area contributed by atoms with Gasteiger partial charge in [-0.3, -0.25) is 0 Å². The summed E-state index contributed by atoms with van der Waals surface area (Å²) in [6.45, 7) is 1.58. The van der Waals surface area contributed by atoms with Crippen molar-refractivity contribution in [2.24, 2.45) is 0 Å². The van der Waals surface area contributed by atoms with E-state index in [-0.39, 0.29) is 0 Å². The van der Waals surface area contributed by atoms with Gasteiger partial charge in [0.05, 0.1) is 11.1 Å². The van der Waals surface area contributed by atoms with Gasteiger partial charge in [-0.1, -0.05) is 12.1 Å². The minimum Gasteiger partial charge on any atom is -0.491 e. The van der Waals surface area contributed by atoms with Gasteiger partial charge in [-0.2, -0.15) is 11.8 Å². The number of thioether (sulfide) groups is 1. The molecule has 0 radical (unpaired) electrons. The lowest BCUT2D eigenvalue weighted by molar-refractivity contribution is 0.337. The molecule has 1 rings (SSSR count). The van der Waals surface area contributed by atoms with Crippen LogP contribution < -0.4 is 10.1 Å².